The molecule has 0 aliphatic carbocycles. The quantitative estimate of drug-likeness (QED) is 0.925. The van der Waals surface area contributed by atoms with E-state index in [1.54, 1.807) is 24.3 Å². The van der Waals surface area contributed by atoms with Gasteiger partial charge in [0.05, 0.1) is 22.9 Å². The van der Waals surface area contributed by atoms with E-state index in [1.807, 2.05) is 19.1 Å². The molecule has 20 heavy (non-hydrogen) atoms. The van der Waals surface area contributed by atoms with Gasteiger partial charge >= 0.3 is 0 Å². The second-order valence-corrected chi connectivity index (χ2v) is 4.84. The Labute approximate surface area is 123 Å². The molecular formula is C16H12ClN3. The fraction of sp³-hybridized carbons (Fsp3) is 0.125. The van der Waals surface area contributed by atoms with Gasteiger partial charge in [0.25, 0.3) is 0 Å². The van der Waals surface area contributed by atoms with Crippen LogP contribution in [0.25, 0.3) is 0 Å². The Balaban J connectivity index is 2.19. The van der Waals surface area contributed by atoms with E-state index in [2.05, 4.69) is 17.5 Å². The van der Waals surface area contributed by atoms with Crippen molar-refractivity contribution in [2.45, 2.75) is 13.5 Å². The molecule has 0 saturated heterocycles. The van der Waals surface area contributed by atoms with E-state index in [1.165, 1.54) is 0 Å². The van der Waals surface area contributed by atoms with Gasteiger partial charge in [-0.3, -0.25) is 0 Å². The van der Waals surface area contributed by atoms with Gasteiger partial charge in [-0.25, -0.2) is 0 Å². The number of hydrogen-bond donors (Lipinski definition) is 1. The van der Waals surface area contributed by atoms with E-state index in [0.29, 0.717) is 28.4 Å². The van der Waals surface area contributed by atoms with Crippen molar-refractivity contribution < 1.29 is 0 Å². The second kappa shape index (κ2) is 6.10. The summed E-state index contributed by atoms with van der Waals surface area (Å²) in [5.74, 6) is 0. The molecule has 0 radical (unpaired) electrons. The van der Waals surface area contributed by atoms with Gasteiger partial charge in [0.15, 0.2) is 0 Å². The minimum Gasteiger partial charge on any atom is -0.380 e. The summed E-state index contributed by atoms with van der Waals surface area (Å²) in [6.07, 6.45) is 0. The van der Waals surface area contributed by atoms with Crippen LogP contribution in [0.3, 0.4) is 0 Å². The molecule has 0 fully saturated rings. The monoisotopic (exact) mass is 281 g/mol. The van der Waals surface area contributed by atoms with Crippen molar-refractivity contribution in [1.29, 1.82) is 10.5 Å². The number of hydrogen-bond acceptors (Lipinski definition) is 3. The number of rotatable bonds is 3. The first kappa shape index (κ1) is 13.9. The first-order valence-corrected chi connectivity index (χ1v) is 6.45. The van der Waals surface area contributed by atoms with Crippen LogP contribution in [0.4, 0.5) is 5.69 Å². The Morgan fingerprint density at radius 2 is 1.90 bits per heavy atom. The van der Waals surface area contributed by atoms with Crippen molar-refractivity contribution in [1.82, 2.24) is 0 Å². The van der Waals surface area contributed by atoms with Crippen LogP contribution in [-0.2, 0) is 6.54 Å². The summed E-state index contributed by atoms with van der Waals surface area (Å²) in [5, 5.41) is 21.7. The third-order valence-corrected chi connectivity index (χ3v) is 3.28. The lowest BCUT2D eigenvalue weighted by molar-refractivity contribution is 1.11. The van der Waals surface area contributed by atoms with Gasteiger partial charge in [-0.1, -0.05) is 17.7 Å². The smallest absolute Gasteiger partial charge is 0.101 e. The highest BCUT2D eigenvalue weighted by Crippen LogP contribution is 2.21. The maximum Gasteiger partial charge on any atom is 0.101 e. The lowest BCUT2D eigenvalue weighted by Crippen LogP contribution is -2.03. The van der Waals surface area contributed by atoms with E-state index in [4.69, 9.17) is 22.1 Å². The number of aryl methyl sites for hydroxylation is 1. The van der Waals surface area contributed by atoms with Gasteiger partial charge in [-0.15, -0.1) is 0 Å². The van der Waals surface area contributed by atoms with Crippen molar-refractivity contribution in [3.05, 3.63) is 63.7 Å². The van der Waals surface area contributed by atoms with Gasteiger partial charge in [-0.2, -0.15) is 10.5 Å². The van der Waals surface area contributed by atoms with E-state index in [9.17, 15) is 0 Å². The molecule has 0 amide bonds. The fourth-order valence-electron chi connectivity index (χ4n) is 1.91. The first-order chi connectivity index (χ1) is 9.63. The number of halogens is 1. The van der Waals surface area contributed by atoms with Crippen LogP contribution in [0.5, 0.6) is 0 Å². The predicted octanol–water partition coefficient (Wildman–Crippen LogP) is 4.00. The Bertz CT molecular complexity index is 723. The highest BCUT2D eigenvalue weighted by Gasteiger charge is 2.04. The maximum atomic E-state index is 9.06. The van der Waals surface area contributed by atoms with Crippen LogP contribution in [-0.4, -0.2) is 0 Å². The average molecular weight is 282 g/mol. The van der Waals surface area contributed by atoms with E-state index >= 15 is 0 Å². The molecule has 0 aliphatic heterocycles. The van der Waals surface area contributed by atoms with Crippen LogP contribution in [0, 0.1) is 29.6 Å². The zero-order chi connectivity index (χ0) is 14.5. The molecule has 98 valence electrons. The van der Waals surface area contributed by atoms with Crippen LogP contribution in [0.1, 0.15) is 22.3 Å². The van der Waals surface area contributed by atoms with Gasteiger partial charge in [0.1, 0.15) is 6.07 Å². The summed E-state index contributed by atoms with van der Waals surface area (Å²) >= 11 is 5.94. The number of nitriles is 2. The molecule has 1 N–H and O–H groups in total. The standard InChI is InChI=1S/C16H12ClN3/c1-11-6-12(8-18)2-3-14(11)10-20-16-7-15(17)5-4-13(16)9-19/h2-7,20H,10H2,1H3. The van der Waals surface area contributed by atoms with Gasteiger partial charge in [0.2, 0.25) is 0 Å². The first-order valence-electron chi connectivity index (χ1n) is 6.07. The van der Waals surface area contributed by atoms with E-state index in [0.717, 1.165) is 11.1 Å². The number of nitrogens with one attached hydrogen (secondary N) is 1. The minimum absolute atomic E-state index is 0.556. The lowest BCUT2D eigenvalue weighted by atomic mass is 10.1. The summed E-state index contributed by atoms with van der Waals surface area (Å²) < 4.78 is 0. The van der Waals surface area contributed by atoms with Crippen molar-refractivity contribution in [2.75, 3.05) is 5.32 Å². The van der Waals surface area contributed by atoms with Crippen molar-refractivity contribution in [3.63, 3.8) is 0 Å². The zero-order valence-electron chi connectivity index (χ0n) is 10.9. The number of benzene rings is 2. The van der Waals surface area contributed by atoms with Crippen molar-refractivity contribution in [2.24, 2.45) is 0 Å². The normalized spacial score (nSPS) is 9.60. The summed E-state index contributed by atoms with van der Waals surface area (Å²) in [5.41, 5.74) is 4.03. The minimum atomic E-state index is 0.556. The predicted molar refractivity (Wildman–Crippen MR) is 79.4 cm³/mol. The van der Waals surface area contributed by atoms with Gasteiger partial charge in [0, 0.05) is 11.6 Å². The molecule has 4 heteroatoms. The molecule has 0 spiro atoms. The third kappa shape index (κ3) is 3.09. The molecule has 0 aromatic heterocycles. The molecule has 0 heterocycles. The topological polar surface area (TPSA) is 59.6 Å². The molecule has 2 aromatic carbocycles. The van der Waals surface area contributed by atoms with Crippen LogP contribution in [0.15, 0.2) is 36.4 Å². The van der Waals surface area contributed by atoms with Crippen LogP contribution in [0.2, 0.25) is 5.02 Å². The highest BCUT2D eigenvalue weighted by molar-refractivity contribution is 6.30. The largest absolute Gasteiger partial charge is 0.380 e. The number of nitrogens with zero attached hydrogens (tertiary/aromatic N) is 2. The highest BCUT2D eigenvalue weighted by atomic mass is 35.5. The lowest BCUT2D eigenvalue weighted by Gasteiger charge is -2.11. The van der Waals surface area contributed by atoms with Crippen LogP contribution < -0.4 is 5.32 Å². The molecule has 0 bridgehead atoms. The Hall–Kier alpha value is -2.49. The average Bonchev–Trinajstić information content (AvgIpc) is 2.46. The summed E-state index contributed by atoms with van der Waals surface area (Å²) in [7, 11) is 0. The summed E-state index contributed by atoms with van der Waals surface area (Å²) in [6, 6.07) is 14.9. The summed E-state index contributed by atoms with van der Waals surface area (Å²) in [6.45, 7) is 2.54. The molecule has 0 aliphatic rings. The Kier molecular flexibility index (Phi) is 4.25. The van der Waals surface area contributed by atoms with E-state index < -0.39 is 0 Å². The van der Waals surface area contributed by atoms with E-state index in [-0.39, 0.29) is 0 Å². The van der Waals surface area contributed by atoms with Crippen LogP contribution >= 0.6 is 11.6 Å². The molecule has 2 aromatic rings. The molecule has 0 unspecified atom stereocenters. The second-order valence-electron chi connectivity index (χ2n) is 4.41. The maximum absolute atomic E-state index is 9.06. The molecule has 0 saturated carbocycles. The molecule has 3 nitrogen and oxygen atoms in total. The molecule has 0 atom stereocenters. The van der Waals surface area contributed by atoms with Crippen molar-refractivity contribution in [3.8, 4) is 12.1 Å². The fourth-order valence-corrected chi connectivity index (χ4v) is 2.09. The Morgan fingerprint density at radius 1 is 1.10 bits per heavy atom. The van der Waals surface area contributed by atoms with Gasteiger partial charge in [-0.05, 0) is 48.4 Å². The molecule has 2 rings (SSSR count). The number of anilines is 1. The van der Waals surface area contributed by atoms with Crippen molar-refractivity contribution >= 4 is 17.3 Å². The summed E-state index contributed by atoms with van der Waals surface area (Å²) in [4.78, 5) is 0. The Morgan fingerprint density at radius 3 is 2.55 bits per heavy atom. The van der Waals surface area contributed by atoms with Gasteiger partial charge < -0.3 is 5.32 Å². The molecular weight excluding hydrogens is 270 g/mol. The third-order valence-electron chi connectivity index (χ3n) is 3.04. The zero-order valence-corrected chi connectivity index (χ0v) is 11.7. The SMILES string of the molecule is Cc1cc(C#N)ccc1CNc1cc(Cl)ccc1C#N.